The molecule has 0 unspecified atom stereocenters. The van der Waals surface area contributed by atoms with Gasteiger partial charge in [0.25, 0.3) is 5.91 Å². The number of hydrogen-bond acceptors (Lipinski definition) is 3. The average Bonchev–Trinajstić information content (AvgIpc) is 3.11. The van der Waals surface area contributed by atoms with Gasteiger partial charge in [0.2, 0.25) is 0 Å². The van der Waals surface area contributed by atoms with Crippen LogP contribution in [0.4, 0.5) is 0 Å². The Balaban J connectivity index is 1.59. The van der Waals surface area contributed by atoms with Crippen LogP contribution in [-0.2, 0) is 11.2 Å². The third-order valence-corrected chi connectivity index (χ3v) is 4.94. The van der Waals surface area contributed by atoms with E-state index in [4.69, 9.17) is 21.7 Å². The van der Waals surface area contributed by atoms with Gasteiger partial charge in [-0.3, -0.25) is 4.79 Å². The van der Waals surface area contributed by atoms with E-state index in [2.05, 4.69) is 16.4 Å². The van der Waals surface area contributed by atoms with Gasteiger partial charge in [-0.15, -0.1) is 0 Å². The van der Waals surface area contributed by atoms with Gasteiger partial charge in [0.05, 0.1) is 5.02 Å². The monoisotopic (exact) mass is 397 g/mol. The zero-order chi connectivity index (χ0) is 19.9. The number of rotatable bonds is 9. The molecule has 1 atom stereocenters. The summed E-state index contributed by atoms with van der Waals surface area (Å²) >= 11 is 6.12. The molecule has 5 nitrogen and oxygen atoms in total. The van der Waals surface area contributed by atoms with Crippen LogP contribution in [0.25, 0.3) is 10.9 Å². The van der Waals surface area contributed by atoms with Crippen LogP contribution in [0.5, 0.6) is 5.75 Å². The van der Waals surface area contributed by atoms with E-state index >= 15 is 0 Å². The smallest absolute Gasteiger partial charge is 0.261 e. The first kappa shape index (κ1) is 20.0. The number of ether oxygens (including phenoxy) is 1. The zero-order valence-electron chi connectivity index (χ0n) is 15.8. The molecule has 6 heteroatoms. The highest BCUT2D eigenvalue weighted by Crippen LogP contribution is 2.23. The van der Waals surface area contributed by atoms with Gasteiger partial charge >= 0.3 is 0 Å². The van der Waals surface area contributed by atoms with E-state index in [1.807, 2.05) is 31.3 Å². The van der Waals surface area contributed by atoms with Crippen molar-refractivity contribution in [3.8, 4) is 5.75 Å². The van der Waals surface area contributed by atoms with Crippen LogP contribution in [0.1, 0.15) is 30.9 Å². The zero-order valence-corrected chi connectivity index (χ0v) is 16.6. The first-order valence-electron chi connectivity index (χ1n) is 9.41. The minimum Gasteiger partial charge on any atom is -0.481 e. The molecule has 0 radical (unpaired) electrons. The molecule has 1 amide bonds. The quantitative estimate of drug-likeness (QED) is 0.456. The Bertz CT molecular complexity index is 967. The molecule has 0 saturated carbocycles. The Morgan fingerprint density at radius 1 is 1.32 bits per heavy atom. The molecule has 0 saturated heterocycles. The normalized spacial score (nSPS) is 11.9. The SMILES string of the molecule is CCC[C@H](Oc1ccc(C=N)c(Cl)c1)C(=O)NCCc1c[nH]c2ccccc12. The van der Waals surface area contributed by atoms with Crippen molar-refractivity contribution >= 4 is 34.6 Å². The maximum Gasteiger partial charge on any atom is 0.261 e. The van der Waals surface area contributed by atoms with Gasteiger partial charge in [0.15, 0.2) is 6.10 Å². The molecule has 0 aliphatic carbocycles. The molecule has 0 bridgehead atoms. The number of nitrogens with one attached hydrogen (secondary N) is 3. The van der Waals surface area contributed by atoms with Gasteiger partial charge in [-0.25, -0.2) is 0 Å². The van der Waals surface area contributed by atoms with E-state index in [-0.39, 0.29) is 5.91 Å². The van der Waals surface area contributed by atoms with Gasteiger partial charge in [0.1, 0.15) is 5.75 Å². The van der Waals surface area contributed by atoms with E-state index < -0.39 is 6.10 Å². The molecule has 2 aromatic carbocycles. The van der Waals surface area contributed by atoms with E-state index in [1.165, 1.54) is 17.2 Å². The second kappa shape index (κ2) is 9.42. The van der Waals surface area contributed by atoms with Gasteiger partial charge in [0, 0.05) is 35.4 Å². The second-order valence-corrected chi connectivity index (χ2v) is 7.03. The highest BCUT2D eigenvalue weighted by Gasteiger charge is 2.19. The Morgan fingerprint density at radius 3 is 2.89 bits per heavy atom. The first-order chi connectivity index (χ1) is 13.6. The fourth-order valence-corrected chi connectivity index (χ4v) is 3.37. The lowest BCUT2D eigenvalue weighted by molar-refractivity contribution is -0.128. The molecule has 3 N–H and O–H groups in total. The third-order valence-electron chi connectivity index (χ3n) is 4.62. The van der Waals surface area contributed by atoms with Crippen LogP contribution in [0.2, 0.25) is 5.02 Å². The number of H-pyrrole nitrogens is 1. The maximum absolute atomic E-state index is 12.6. The molecule has 0 aliphatic rings. The molecule has 1 aromatic heterocycles. The Hall–Kier alpha value is -2.79. The van der Waals surface area contributed by atoms with Crippen LogP contribution in [0.3, 0.4) is 0 Å². The van der Waals surface area contributed by atoms with Crippen LogP contribution in [-0.4, -0.2) is 29.8 Å². The lowest BCUT2D eigenvalue weighted by atomic mass is 10.1. The van der Waals surface area contributed by atoms with Gasteiger partial charge in [-0.1, -0.05) is 43.1 Å². The molecule has 28 heavy (non-hydrogen) atoms. The number of hydrogen-bond donors (Lipinski definition) is 3. The van der Waals surface area contributed by atoms with E-state index in [0.717, 1.165) is 18.4 Å². The number of benzene rings is 2. The summed E-state index contributed by atoms with van der Waals surface area (Å²) in [7, 11) is 0. The number of fused-ring (bicyclic) bond motifs is 1. The van der Waals surface area contributed by atoms with Crippen molar-refractivity contribution in [2.24, 2.45) is 0 Å². The minimum absolute atomic E-state index is 0.131. The molecule has 3 rings (SSSR count). The number of halogens is 1. The summed E-state index contributed by atoms with van der Waals surface area (Å²) in [5, 5.41) is 11.9. The minimum atomic E-state index is -0.574. The summed E-state index contributed by atoms with van der Waals surface area (Å²) in [4.78, 5) is 15.9. The summed E-state index contributed by atoms with van der Waals surface area (Å²) in [6, 6.07) is 13.2. The Labute approximate surface area is 169 Å². The molecule has 0 spiro atoms. The van der Waals surface area contributed by atoms with E-state index in [1.54, 1.807) is 18.2 Å². The van der Waals surface area contributed by atoms with Crippen molar-refractivity contribution in [1.82, 2.24) is 10.3 Å². The van der Waals surface area contributed by atoms with Gasteiger partial charge in [-0.2, -0.15) is 0 Å². The van der Waals surface area contributed by atoms with Crippen molar-refractivity contribution in [2.75, 3.05) is 6.54 Å². The lowest BCUT2D eigenvalue weighted by Gasteiger charge is -2.18. The number of carbonyl (C=O) groups is 1. The van der Waals surface area contributed by atoms with Crippen LogP contribution < -0.4 is 10.1 Å². The molecular formula is C22H24ClN3O2. The number of amides is 1. The van der Waals surface area contributed by atoms with Crippen molar-refractivity contribution in [1.29, 1.82) is 5.41 Å². The highest BCUT2D eigenvalue weighted by atomic mass is 35.5. The van der Waals surface area contributed by atoms with Gasteiger partial charge < -0.3 is 20.4 Å². The second-order valence-electron chi connectivity index (χ2n) is 6.62. The van der Waals surface area contributed by atoms with Crippen LogP contribution in [0.15, 0.2) is 48.7 Å². The number of aromatic amines is 1. The predicted octanol–water partition coefficient (Wildman–Crippen LogP) is 4.73. The van der Waals surface area contributed by atoms with Crippen molar-refractivity contribution in [2.45, 2.75) is 32.3 Å². The third kappa shape index (κ3) is 4.73. The molecule has 3 aromatic rings. The highest BCUT2D eigenvalue weighted by molar-refractivity contribution is 6.33. The number of aromatic nitrogens is 1. The average molecular weight is 398 g/mol. The summed E-state index contributed by atoms with van der Waals surface area (Å²) in [5.41, 5.74) is 2.89. The van der Waals surface area contributed by atoms with Crippen LogP contribution in [0, 0.1) is 5.41 Å². The molecular weight excluding hydrogens is 374 g/mol. The van der Waals surface area contributed by atoms with Crippen LogP contribution >= 0.6 is 11.6 Å². The fraction of sp³-hybridized carbons (Fsp3) is 0.273. The predicted molar refractivity (Wildman–Crippen MR) is 114 cm³/mol. The largest absolute Gasteiger partial charge is 0.481 e. The van der Waals surface area contributed by atoms with Gasteiger partial charge in [-0.05, 0) is 42.7 Å². The molecule has 146 valence electrons. The number of carbonyl (C=O) groups excluding carboxylic acids is 1. The Morgan fingerprint density at radius 2 is 2.14 bits per heavy atom. The van der Waals surface area contributed by atoms with E-state index in [9.17, 15) is 4.79 Å². The lowest BCUT2D eigenvalue weighted by Crippen LogP contribution is -2.39. The van der Waals surface area contributed by atoms with Crippen molar-refractivity contribution in [3.63, 3.8) is 0 Å². The standard InChI is InChI=1S/C22H24ClN3O2/c1-2-5-21(28-17-9-8-15(13-24)19(23)12-17)22(27)25-11-10-16-14-26-20-7-4-3-6-18(16)20/h3-4,6-9,12-14,21,24,26H,2,5,10-11H2,1H3,(H,25,27)/t21-/m0/s1. The molecule has 0 aliphatic heterocycles. The summed E-state index contributed by atoms with van der Waals surface area (Å²) in [5.74, 6) is 0.398. The van der Waals surface area contributed by atoms with E-state index in [0.29, 0.717) is 29.3 Å². The topological polar surface area (TPSA) is 78.0 Å². The molecule has 1 heterocycles. The summed E-state index contributed by atoms with van der Waals surface area (Å²) < 4.78 is 5.88. The number of para-hydroxylation sites is 1. The Kier molecular flexibility index (Phi) is 6.71. The van der Waals surface area contributed by atoms with Crippen molar-refractivity contribution in [3.05, 3.63) is 64.8 Å². The maximum atomic E-state index is 12.6. The molecule has 0 fully saturated rings. The summed E-state index contributed by atoms with van der Waals surface area (Å²) in [6.45, 7) is 2.55. The fourth-order valence-electron chi connectivity index (χ4n) is 3.14. The first-order valence-corrected chi connectivity index (χ1v) is 9.79. The van der Waals surface area contributed by atoms with Crippen molar-refractivity contribution < 1.29 is 9.53 Å². The summed E-state index contributed by atoms with van der Waals surface area (Å²) in [6.07, 6.45) is 4.79.